The molecule has 3 nitrogen and oxygen atoms in total. The van der Waals surface area contributed by atoms with Crippen molar-refractivity contribution in [2.24, 2.45) is 5.73 Å². The Hall–Kier alpha value is -1.17. The second-order valence-corrected chi connectivity index (χ2v) is 5.28. The van der Waals surface area contributed by atoms with Crippen molar-refractivity contribution in [2.75, 3.05) is 0 Å². The van der Waals surface area contributed by atoms with Gasteiger partial charge in [-0.05, 0) is 34.5 Å². The first-order valence-electron chi connectivity index (χ1n) is 5.51. The van der Waals surface area contributed by atoms with E-state index in [0.29, 0.717) is 16.1 Å². The Morgan fingerprint density at radius 1 is 1.42 bits per heavy atom. The summed E-state index contributed by atoms with van der Waals surface area (Å²) < 4.78 is 19.4. The van der Waals surface area contributed by atoms with Gasteiger partial charge in [0.05, 0.1) is 9.50 Å². The monoisotopic (exact) mass is 344 g/mol. The largest absolute Gasteiger partial charge is 0.438 e. The summed E-state index contributed by atoms with van der Waals surface area (Å²) in [6, 6.07) is 6.03. The van der Waals surface area contributed by atoms with Gasteiger partial charge in [0.15, 0.2) is 0 Å². The van der Waals surface area contributed by atoms with Crippen LogP contribution in [-0.4, -0.2) is 4.98 Å². The molecule has 0 saturated heterocycles. The van der Waals surface area contributed by atoms with Gasteiger partial charge in [0.1, 0.15) is 11.6 Å². The minimum atomic E-state index is -0.549. The molecule has 0 aliphatic heterocycles. The maximum absolute atomic E-state index is 13.4. The Balaban J connectivity index is 2.24. The van der Waals surface area contributed by atoms with Crippen molar-refractivity contribution in [2.45, 2.75) is 13.0 Å². The standard InChI is InChI=1S/C13H11BrClFN2O/c1-7(17)8-2-3-13(18-6-8)19-12-5-11(16)10(15)4-9(12)14/h2-7H,17H2,1H3/t7-/m1/s1. The molecule has 0 amide bonds. The zero-order valence-corrected chi connectivity index (χ0v) is 12.4. The van der Waals surface area contributed by atoms with Crippen LogP contribution in [0.4, 0.5) is 4.39 Å². The average molecular weight is 346 g/mol. The number of nitrogens with zero attached hydrogens (tertiary/aromatic N) is 1. The van der Waals surface area contributed by atoms with Crippen LogP contribution >= 0.6 is 27.5 Å². The number of rotatable bonds is 3. The van der Waals surface area contributed by atoms with Crippen molar-refractivity contribution in [1.82, 2.24) is 4.98 Å². The quantitative estimate of drug-likeness (QED) is 0.836. The SMILES string of the molecule is C[C@@H](N)c1ccc(Oc2cc(F)c(Cl)cc2Br)nc1. The molecule has 0 saturated carbocycles. The first-order valence-corrected chi connectivity index (χ1v) is 6.68. The van der Waals surface area contributed by atoms with E-state index in [1.165, 1.54) is 12.1 Å². The minimum absolute atomic E-state index is 0.0273. The third kappa shape index (κ3) is 3.43. The lowest BCUT2D eigenvalue weighted by Gasteiger charge is -2.09. The Morgan fingerprint density at radius 3 is 2.74 bits per heavy atom. The van der Waals surface area contributed by atoms with Crippen LogP contribution in [0.25, 0.3) is 0 Å². The lowest BCUT2D eigenvalue weighted by Crippen LogP contribution is -2.05. The van der Waals surface area contributed by atoms with Gasteiger partial charge in [-0.25, -0.2) is 9.37 Å². The normalized spacial score (nSPS) is 12.3. The van der Waals surface area contributed by atoms with Gasteiger partial charge in [0.25, 0.3) is 0 Å². The second-order valence-electron chi connectivity index (χ2n) is 4.02. The fraction of sp³-hybridized carbons (Fsp3) is 0.154. The molecule has 0 radical (unpaired) electrons. The lowest BCUT2D eigenvalue weighted by molar-refractivity contribution is 0.454. The zero-order valence-electron chi connectivity index (χ0n) is 10.0. The molecule has 6 heteroatoms. The van der Waals surface area contributed by atoms with E-state index in [0.717, 1.165) is 5.56 Å². The van der Waals surface area contributed by atoms with E-state index >= 15 is 0 Å². The third-order valence-corrected chi connectivity index (χ3v) is 3.38. The van der Waals surface area contributed by atoms with Crippen molar-refractivity contribution >= 4 is 27.5 Å². The first-order chi connectivity index (χ1) is 8.97. The summed E-state index contributed by atoms with van der Waals surface area (Å²) in [5.74, 6) is 0.113. The van der Waals surface area contributed by atoms with Crippen LogP contribution in [0, 0.1) is 5.82 Å². The number of ether oxygens (including phenoxy) is 1. The van der Waals surface area contributed by atoms with Gasteiger partial charge in [0, 0.05) is 24.4 Å². The smallest absolute Gasteiger partial charge is 0.219 e. The molecule has 0 spiro atoms. The molecular formula is C13H11BrClFN2O. The third-order valence-electron chi connectivity index (χ3n) is 2.47. The average Bonchev–Trinajstić information content (AvgIpc) is 2.36. The predicted octanol–water partition coefficient (Wildman–Crippen LogP) is 4.45. The number of hydrogen-bond donors (Lipinski definition) is 1. The highest BCUT2D eigenvalue weighted by Gasteiger charge is 2.10. The molecule has 1 aromatic heterocycles. The molecule has 0 aliphatic rings. The Kier molecular flexibility index (Phi) is 4.39. The molecule has 1 aromatic carbocycles. The van der Waals surface area contributed by atoms with Gasteiger partial charge in [0.2, 0.25) is 5.88 Å². The van der Waals surface area contributed by atoms with E-state index in [9.17, 15) is 4.39 Å². The van der Waals surface area contributed by atoms with Gasteiger partial charge in [-0.1, -0.05) is 17.7 Å². The second kappa shape index (κ2) is 5.86. The highest BCUT2D eigenvalue weighted by Crippen LogP contribution is 2.33. The Morgan fingerprint density at radius 2 is 2.16 bits per heavy atom. The molecule has 19 heavy (non-hydrogen) atoms. The van der Waals surface area contributed by atoms with E-state index < -0.39 is 5.82 Å². The molecule has 1 atom stereocenters. The first kappa shape index (κ1) is 14.2. The molecule has 0 unspecified atom stereocenters. The number of halogens is 3. The number of pyridine rings is 1. The summed E-state index contributed by atoms with van der Waals surface area (Å²) in [5.41, 5.74) is 6.62. The van der Waals surface area contributed by atoms with E-state index in [4.69, 9.17) is 22.1 Å². The predicted molar refractivity (Wildman–Crippen MR) is 76.0 cm³/mol. The van der Waals surface area contributed by atoms with Crippen LogP contribution in [0.1, 0.15) is 18.5 Å². The topological polar surface area (TPSA) is 48.1 Å². The summed E-state index contributed by atoms with van der Waals surface area (Å²) in [7, 11) is 0. The zero-order chi connectivity index (χ0) is 14.0. The number of aromatic nitrogens is 1. The molecule has 0 aliphatic carbocycles. The molecule has 2 rings (SSSR count). The van der Waals surface area contributed by atoms with Gasteiger partial charge < -0.3 is 10.5 Å². The highest BCUT2D eigenvalue weighted by molar-refractivity contribution is 9.10. The van der Waals surface area contributed by atoms with E-state index in [2.05, 4.69) is 20.9 Å². The summed E-state index contributed by atoms with van der Waals surface area (Å²) in [6.45, 7) is 1.86. The Labute approximate surface area is 123 Å². The summed E-state index contributed by atoms with van der Waals surface area (Å²) in [6.07, 6.45) is 1.63. The Bertz CT molecular complexity index is 590. The van der Waals surface area contributed by atoms with E-state index in [-0.39, 0.29) is 11.1 Å². The van der Waals surface area contributed by atoms with E-state index in [1.807, 2.05) is 13.0 Å². The van der Waals surface area contributed by atoms with Crippen molar-refractivity contribution in [3.05, 3.63) is 51.3 Å². The van der Waals surface area contributed by atoms with Gasteiger partial charge in [-0.15, -0.1) is 0 Å². The summed E-state index contributed by atoms with van der Waals surface area (Å²) >= 11 is 8.91. The van der Waals surface area contributed by atoms with Crippen molar-refractivity contribution in [3.8, 4) is 11.6 Å². The van der Waals surface area contributed by atoms with Crippen LogP contribution in [0.5, 0.6) is 11.6 Å². The summed E-state index contributed by atoms with van der Waals surface area (Å²) in [4.78, 5) is 4.11. The van der Waals surface area contributed by atoms with Gasteiger partial charge in [-0.3, -0.25) is 0 Å². The van der Waals surface area contributed by atoms with Crippen LogP contribution in [0.3, 0.4) is 0 Å². The summed E-state index contributed by atoms with van der Waals surface area (Å²) in [5, 5.41) is 0.0273. The van der Waals surface area contributed by atoms with Crippen LogP contribution in [0.2, 0.25) is 5.02 Å². The fourth-order valence-electron chi connectivity index (χ4n) is 1.42. The molecule has 1 heterocycles. The molecule has 0 bridgehead atoms. The maximum atomic E-state index is 13.4. The lowest BCUT2D eigenvalue weighted by atomic mass is 10.2. The molecule has 2 N–H and O–H groups in total. The van der Waals surface area contributed by atoms with Gasteiger partial charge in [-0.2, -0.15) is 0 Å². The number of nitrogens with two attached hydrogens (primary N) is 1. The van der Waals surface area contributed by atoms with Gasteiger partial charge >= 0.3 is 0 Å². The number of benzene rings is 1. The highest BCUT2D eigenvalue weighted by atomic mass is 79.9. The van der Waals surface area contributed by atoms with E-state index in [1.54, 1.807) is 12.3 Å². The molecule has 0 fully saturated rings. The maximum Gasteiger partial charge on any atom is 0.219 e. The minimum Gasteiger partial charge on any atom is -0.438 e. The van der Waals surface area contributed by atoms with Crippen LogP contribution < -0.4 is 10.5 Å². The molecular weight excluding hydrogens is 335 g/mol. The van der Waals surface area contributed by atoms with Crippen molar-refractivity contribution < 1.29 is 9.13 Å². The van der Waals surface area contributed by atoms with Crippen molar-refractivity contribution in [1.29, 1.82) is 0 Å². The van der Waals surface area contributed by atoms with Crippen molar-refractivity contribution in [3.63, 3.8) is 0 Å². The van der Waals surface area contributed by atoms with Crippen LogP contribution in [0.15, 0.2) is 34.9 Å². The molecule has 2 aromatic rings. The molecule has 100 valence electrons. The fourth-order valence-corrected chi connectivity index (χ4v) is 2.14. The van der Waals surface area contributed by atoms with Crippen LogP contribution in [-0.2, 0) is 0 Å². The number of hydrogen-bond acceptors (Lipinski definition) is 3.